The fraction of sp³-hybridized carbons (Fsp3) is 0.500. The molecule has 3 rings (SSSR count). The molecule has 1 saturated heterocycles. The van der Waals surface area contributed by atoms with Crippen molar-refractivity contribution in [1.82, 2.24) is 9.97 Å². The van der Waals surface area contributed by atoms with Crippen LogP contribution in [0, 0.1) is 0 Å². The van der Waals surface area contributed by atoms with Crippen molar-refractivity contribution in [2.75, 3.05) is 43.1 Å². The summed E-state index contributed by atoms with van der Waals surface area (Å²) in [5, 5.41) is 4.41. The van der Waals surface area contributed by atoms with Crippen LogP contribution in [0.5, 0.6) is 0 Å². The fourth-order valence-electron chi connectivity index (χ4n) is 2.57. The minimum atomic E-state index is 0.718. The maximum absolute atomic E-state index is 5.55. The molecule has 21 heavy (non-hydrogen) atoms. The molecule has 5 nitrogen and oxygen atoms in total. The van der Waals surface area contributed by atoms with Gasteiger partial charge in [-0.05, 0) is 25.0 Å². The Morgan fingerprint density at radius 1 is 1.19 bits per heavy atom. The van der Waals surface area contributed by atoms with Gasteiger partial charge < -0.3 is 15.0 Å². The van der Waals surface area contributed by atoms with E-state index in [2.05, 4.69) is 28.2 Å². The Balaban J connectivity index is 2.00. The Bertz CT molecular complexity index is 594. The molecule has 0 bridgehead atoms. The van der Waals surface area contributed by atoms with Gasteiger partial charge in [-0.1, -0.05) is 19.1 Å². The van der Waals surface area contributed by atoms with Crippen molar-refractivity contribution in [3.8, 4) is 0 Å². The lowest BCUT2D eigenvalue weighted by atomic mass is 10.2. The number of hydrogen-bond acceptors (Lipinski definition) is 5. The molecule has 1 aliphatic heterocycles. The van der Waals surface area contributed by atoms with Gasteiger partial charge in [0, 0.05) is 31.6 Å². The summed E-state index contributed by atoms with van der Waals surface area (Å²) in [6.07, 6.45) is 2.10. The van der Waals surface area contributed by atoms with Crippen molar-refractivity contribution in [3.05, 3.63) is 24.3 Å². The van der Waals surface area contributed by atoms with E-state index in [1.165, 1.54) is 0 Å². The molecule has 0 unspecified atom stereocenters. The summed E-state index contributed by atoms with van der Waals surface area (Å²) < 4.78 is 5.55. The first-order valence-corrected chi connectivity index (χ1v) is 7.72. The van der Waals surface area contributed by atoms with Crippen LogP contribution < -0.4 is 10.2 Å². The van der Waals surface area contributed by atoms with Gasteiger partial charge in [-0.3, -0.25) is 0 Å². The van der Waals surface area contributed by atoms with E-state index in [0.717, 1.165) is 68.4 Å². The van der Waals surface area contributed by atoms with Gasteiger partial charge in [-0.2, -0.15) is 4.98 Å². The highest BCUT2D eigenvalue weighted by Crippen LogP contribution is 2.26. The van der Waals surface area contributed by atoms with Gasteiger partial charge in [0.25, 0.3) is 0 Å². The van der Waals surface area contributed by atoms with E-state index in [9.17, 15) is 0 Å². The lowest BCUT2D eigenvalue weighted by Crippen LogP contribution is -2.27. The summed E-state index contributed by atoms with van der Waals surface area (Å²) in [4.78, 5) is 11.7. The van der Waals surface area contributed by atoms with E-state index in [0.29, 0.717) is 0 Å². The quantitative estimate of drug-likeness (QED) is 0.936. The molecular formula is C16H22N4O. The fourth-order valence-corrected chi connectivity index (χ4v) is 2.57. The predicted molar refractivity (Wildman–Crippen MR) is 86.0 cm³/mol. The number of anilines is 2. The molecule has 5 heteroatoms. The van der Waals surface area contributed by atoms with Gasteiger partial charge in [-0.15, -0.1) is 0 Å². The van der Waals surface area contributed by atoms with Gasteiger partial charge >= 0.3 is 0 Å². The smallest absolute Gasteiger partial charge is 0.225 e. The normalized spacial score (nSPS) is 16.0. The molecule has 0 radical (unpaired) electrons. The van der Waals surface area contributed by atoms with Gasteiger partial charge in [0.05, 0.1) is 12.1 Å². The topological polar surface area (TPSA) is 50.3 Å². The van der Waals surface area contributed by atoms with Crippen LogP contribution in [0.3, 0.4) is 0 Å². The Hall–Kier alpha value is -1.88. The standard InChI is InChI=1S/C16H22N4O/c1-2-8-17-16-18-14-7-4-3-6-13(14)15(19-16)20-9-5-11-21-12-10-20/h3-4,6-7H,2,5,8-12H2,1H3,(H,17,18,19). The highest BCUT2D eigenvalue weighted by Gasteiger charge is 2.16. The largest absolute Gasteiger partial charge is 0.380 e. The first-order valence-electron chi connectivity index (χ1n) is 7.72. The number of benzene rings is 1. The second kappa shape index (κ2) is 6.72. The van der Waals surface area contributed by atoms with Gasteiger partial charge in [0.1, 0.15) is 5.82 Å². The molecular weight excluding hydrogens is 264 g/mol. The van der Waals surface area contributed by atoms with Crippen LogP contribution in [0.15, 0.2) is 24.3 Å². The molecule has 1 aliphatic rings. The highest BCUT2D eigenvalue weighted by molar-refractivity contribution is 5.90. The average molecular weight is 286 g/mol. The van der Waals surface area contributed by atoms with Crippen LogP contribution in [0.4, 0.5) is 11.8 Å². The van der Waals surface area contributed by atoms with Gasteiger partial charge in [0.2, 0.25) is 5.95 Å². The van der Waals surface area contributed by atoms with E-state index in [-0.39, 0.29) is 0 Å². The van der Waals surface area contributed by atoms with Gasteiger partial charge in [0.15, 0.2) is 0 Å². The van der Waals surface area contributed by atoms with Crippen LogP contribution in [-0.2, 0) is 4.74 Å². The zero-order chi connectivity index (χ0) is 14.5. The molecule has 1 aromatic heterocycles. The number of fused-ring (bicyclic) bond motifs is 1. The van der Waals surface area contributed by atoms with Crippen LogP contribution in [0.2, 0.25) is 0 Å². The molecule has 2 aromatic rings. The first kappa shape index (κ1) is 14.1. The number of rotatable bonds is 4. The summed E-state index contributed by atoms with van der Waals surface area (Å²) in [6.45, 7) is 6.49. The number of nitrogens with zero attached hydrogens (tertiary/aromatic N) is 3. The van der Waals surface area contributed by atoms with E-state index < -0.39 is 0 Å². The summed E-state index contributed by atoms with van der Waals surface area (Å²) in [7, 11) is 0. The first-order chi connectivity index (χ1) is 10.4. The van der Waals surface area contributed by atoms with Crippen LogP contribution in [0.25, 0.3) is 10.9 Å². The Kier molecular flexibility index (Phi) is 4.50. The van der Waals surface area contributed by atoms with E-state index in [4.69, 9.17) is 9.72 Å². The highest BCUT2D eigenvalue weighted by atomic mass is 16.5. The molecule has 112 valence electrons. The molecule has 1 fully saturated rings. The maximum Gasteiger partial charge on any atom is 0.225 e. The van der Waals surface area contributed by atoms with Crippen LogP contribution >= 0.6 is 0 Å². The van der Waals surface area contributed by atoms with Crippen molar-refractivity contribution in [2.24, 2.45) is 0 Å². The molecule has 0 spiro atoms. The zero-order valence-electron chi connectivity index (χ0n) is 12.5. The SMILES string of the molecule is CCCNc1nc(N2CCCOCC2)c2ccccc2n1. The van der Waals surface area contributed by atoms with E-state index in [1.54, 1.807) is 0 Å². The lowest BCUT2D eigenvalue weighted by molar-refractivity contribution is 0.152. The zero-order valence-corrected chi connectivity index (χ0v) is 12.5. The number of para-hydroxylation sites is 1. The van der Waals surface area contributed by atoms with Crippen LogP contribution in [0.1, 0.15) is 19.8 Å². The third-order valence-electron chi connectivity index (χ3n) is 3.64. The number of ether oxygens (including phenoxy) is 1. The average Bonchev–Trinajstić information content (AvgIpc) is 2.81. The number of nitrogens with one attached hydrogen (secondary N) is 1. The molecule has 1 N–H and O–H groups in total. The second-order valence-corrected chi connectivity index (χ2v) is 5.27. The summed E-state index contributed by atoms with van der Waals surface area (Å²) >= 11 is 0. The van der Waals surface area contributed by atoms with Crippen molar-refractivity contribution >= 4 is 22.7 Å². The van der Waals surface area contributed by atoms with Gasteiger partial charge in [-0.25, -0.2) is 4.98 Å². The molecule has 0 atom stereocenters. The van der Waals surface area contributed by atoms with E-state index in [1.807, 2.05) is 18.2 Å². The van der Waals surface area contributed by atoms with Crippen molar-refractivity contribution in [3.63, 3.8) is 0 Å². The Morgan fingerprint density at radius 2 is 2.10 bits per heavy atom. The molecule has 2 heterocycles. The molecule has 0 saturated carbocycles. The van der Waals surface area contributed by atoms with Crippen LogP contribution in [-0.4, -0.2) is 42.8 Å². The third-order valence-corrected chi connectivity index (χ3v) is 3.64. The minimum absolute atomic E-state index is 0.718. The molecule has 0 amide bonds. The van der Waals surface area contributed by atoms with Crippen molar-refractivity contribution < 1.29 is 4.74 Å². The summed E-state index contributed by atoms with van der Waals surface area (Å²) in [5.41, 5.74) is 0.992. The molecule has 0 aliphatic carbocycles. The Labute approximate surface area is 125 Å². The second-order valence-electron chi connectivity index (χ2n) is 5.27. The third kappa shape index (κ3) is 3.24. The number of aromatic nitrogens is 2. The number of hydrogen-bond donors (Lipinski definition) is 1. The van der Waals surface area contributed by atoms with Crippen molar-refractivity contribution in [1.29, 1.82) is 0 Å². The van der Waals surface area contributed by atoms with E-state index >= 15 is 0 Å². The summed E-state index contributed by atoms with van der Waals surface area (Å²) in [6, 6.07) is 8.21. The minimum Gasteiger partial charge on any atom is -0.380 e. The molecule has 1 aromatic carbocycles. The Morgan fingerprint density at radius 3 is 3.00 bits per heavy atom. The predicted octanol–water partition coefficient (Wildman–Crippen LogP) is 2.68. The van der Waals surface area contributed by atoms with Crippen molar-refractivity contribution in [2.45, 2.75) is 19.8 Å². The lowest BCUT2D eigenvalue weighted by Gasteiger charge is -2.23. The maximum atomic E-state index is 5.55. The monoisotopic (exact) mass is 286 g/mol. The summed E-state index contributed by atoms with van der Waals surface area (Å²) in [5.74, 6) is 1.74.